The molecule has 1 aromatic carbocycles. The Balaban J connectivity index is 1.66. The Kier molecular flexibility index (Phi) is 3.66. The monoisotopic (exact) mass is 288 g/mol. The maximum Gasteiger partial charge on any atom is 0.277 e. The fraction of sp³-hybridized carbons (Fsp3) is 0.143. The van der Waals surface area contributed by atoms with Crippen molar-refractivity contribution in [2.45, 2.75) is 17.9 Å². The normalized spacial score (nSPS) is 10.8. The summed E-state index contributed by atoms with van der Waals surface area (Å²) in [6, 6.07) is 12.4. The molecule has 0 radical (unpaired) electrons. The van der Waals surface area contributed by atoms with E-state index in [0.717, 1.165) is 10.6 Å². The van der Waals surface area contributed by atoms with Crippen molar-refractivity contribution < 1.29 is 4.42 Å². The van der Waals surface area contributed by atoms with Crippen molar-refractivity contribution in [3.05, 3.63) is 52.9 Å². The molecule has 19 heavy (non-hydrogen) atoms. The molecule has 0 aliphatic heterocycles. The average molecular weight is 288 g/mol. The molecule has 0 N–H and O–H groups in total. The minimum atomic E-state index is 0.599. The zero-order valence-electron chi connectivity index (χ0n) is 10.4. The van der Waals surface area contributed by atoms with Gasteiger partial charge in [-0.2, -0.15) is 0 Å². The van der Waals surface area contributed by atoms with E-state index in [9.17, 15) is 0 Å². The summed E-state index contributed by atoms with van der Waals surface area (Å²) in [4.78, 5) is 1.01. The highest BCUT2D eigenvalue weighted by Crippen LogP contribution is 2.28. The van der Waals surface area contributed by atoms with Gasteiger partial charge in [0.1, 0.15) is 0 Å². The number of aryl methyl sites for hydroxylation is 1. The zero-order chi connectivity index (χ0) is 13.1. The number of benzene rings is 1. The highest BCUT2D eigenvalue weighted by molar-refractivity contribution is 7.98. The van der Waals surface area contributed by atoms with Crippen molar-refractivity contribution in [3.63, 3.8) is 0 Å². The van der Waals surface area contributed by atoms with Crippen molar-refractivity contribution in [3.8, 4) is 10.8 Å². The van der Waals surface area contributed by atoms with Gasteiger partial charge in [-0.3, -0.25) is 0 Å². The molecular formula is C14H12N2OS2. The van der Waals surface area contributed by atoms with Gasteiger partial charge in [0.15, 0.2) is 0 Å². The molecule has 0 saturated heterocycles. The molecule has 3 nitrogen and oxygen atoms in total. The Morgan fingerprint density at radius 1 is 1.16 bits per heavy atom. The van der Waals surface area contributed by atoms with E-state index in [1.54, 1.807) is 23.1 Å². The van der Waals surface area contributed by atoms with Crippen LogP contribution in [0.25, 0.3) is 10.8 Å². The molecule has 0 aliphatic rings. The van der Waals surface area contributed by atoms with E-state index in [0.29, 0.717) is 11.1 Å². The van der Waals surface area contributed by atoms with Crippen LogP contribution >= 0.6 is 23.1 Å². The molecule has 0 spiro atoms. The number of hydrogen-bond acceptors (Lipinski definition) is 5. The van der Waals surface area contributed by atoms with E-state index in [-0.39, 0.29) is 0 Å². The summed E-state index contributed by atoms with van der Waals surface area (Å²) in [5.74, 6) is 1.44. The summed E-state index contributed by atoms with van der Waals surface area (Å²) in [6.07, 6.45) is 0. The Morgan fingerprint density at radius 3 is 2.74 bits per heavy atom. The van der Waals surface area contributed by atoms with E-state index < -0.39 is 0 Å². The summed E-state index contributed by atoms with van der Waals surface area (Å²) in [5.41, 5.74) is 2.53. The molecular weight excluding hydrogens is 276 g/mol. The van der Waals surface area contributed by atoms with Gasteiger partial charge in [0.2, 0.25) is 0 Å². The molecule has 0 amide bonds. The minimum absolute atomic E-state index is 0.599. The molecule has 3 rings (SSSR count). The second kappa shape index (κ2) is 5.59. The van der Waals surface area contributed by atoms with Gasteiger partial charge in [-0.25, -0.2) is 0 Å². The van der Waals surface area contributed by atoms with Crippen LogP contribution in [0.5, 0.6) is 0 Å². The van der Waals surface area contributed by atoms with Crippen LogP contribution in [0.2, 0.25) is 0 Å². The lowest BCUT2D eigenvalue weighted by Crippen LogP contribution is -1.81. The largest absolute Gasteiger partial charge is 0.410 e. The Morgan fingerprint density at radius 2 is 2.00 bits per heavy atom. The Labute approximate surface area is 119 Å². The van der Waals surface area contributed by atoms with Crippen LogP contribution in [0.1, 0.15) is 11.1 Å². The first-order valence-electron chi connectivity index (χ1n) is 5.87. The van der Waals surface area contributed by atoms with Crippen LogP contribution in [0.4, 0.5) is 0 Å². The predicted octanol–water partition coefficient (Wildman–Crippen LogP) is 4.40. The molecule has 0 bridgehead atoms. The third-order valence-electron chi connectivity index (χ3n) is 2.62. The number of thioether (sulfide) groups is 1. The summed E-state index contributed by atoms with van der Waals surface area (Å²) < 4.78 is 5.62. The van der Waals surface area contributed by atoms with Crippen LogP contribution in [-0.4, -0.2) is 10.2 Å². The Hall–Kier alpha value is -1.59. The maximum absolute atomic E-state index is 5.62. The highest BCUT2D eigenvalue weighted by atomic mass is 32.2. The number of aromatic nitrogens is 2. The van der Waals surface area contributed by atoms with Gasteiger partial charge in [0, 0.05) is 5.75 Å². The molecule has 0 unspecified atom stereocenters. The molecule has 3 aromatic rings. The lowest BCUT2D eigenvalue weighted by Gasteiger charge is -1.98. The second-order valence-electron chi connectivity index (χ2n) is 4.12. The van der Waals surface area contributed by atoms with Gasteiger partial charge in [-0.1, -0.05) is 47.7 Å². The average Bonchev–Trinajstić information content (AvgIpc) is 3.09. The van der Waals surface area contributed by atoms with E-state index in [1.165, 1.54) is 11.1 Å². The fourth-order valence-electron chi connectivity index (χ4n) is 1.60. The zero-order valence-corrected chi connectivity index (χ0v) is 12.0. The molecule has 0 aliphatic carbocycles. The molecule has 96 valence electrons. The first-order valence-corrected chi connectivity index (χ1v) is 7.73. The lowest BCUT2D eigenvalue weighted by molar-refractivity contribution is 0.466. The van der Waals surface area contributed by atoms with Gasteiger partial charge in [0.25, 0.3) is 11.1 Å². The summed E-state index contributed by atoms with van der Waals surface area (Å²) in [7, 11) is 0. The predicted molar refractivity (Wildman–Crippen MR) is 78.4 cm³/mol. The van der Waals surface area contributed by atoms with Crippen molar-refractivity contribution in [1.82, 2.24) is 10.2 Å². The van der Waals surface area contributed by atoms with Crippen LogP contribution in [0.15, 0.2) is 51.4 Å². The van der Waals surface area contributed by atoms with E-state index in [2.05, 4.69) is 41.4 Å². The summed E-state index contributed by atoms with van der Waals surface area (Å²) >= 11 is 3.16. The molecule has 2 aromatic heterocycles. The van der Waals surface area contributed by atoms with Crippen LogP contribution in [0, 0.1) is 6.92 Å². The molecule has 0 saturated carbocycles. The third kappa shape index (κ3) is 3.05. The standard InChI is InChI=1S/C14H12N2OS2/c1-10-4-6-11(7-5-10)9-19-14-16-15-13(17-14)12-3-2-8-18-12/h2-8H,9H2,1H3. The van der Waals surface area contributed by atoms with Crippen molar-refractivity contribution in [1.29, 1.82) is 0 Å². The Bertz CT molecular complexity index is 644. The molecule has 2 heterocycles. The minimum Gasteiger partial charge on any atom is -0.410 e. The van der Waals surface area contributed by atoms with Gasteiger partial charge in [-0.05, 0) is 23.9 Å². The summed E-state index contributed by atoms with van der Waals surface area (Å²) in [6.45, 7) is 2.09. The first kappa shape index (κ1) is 12.4. The first-order chi connectivity index (χ1) is 9.31. The van der Waals surface area contributed by atoms with E-state index in [4.69, 9.17) is 4.42 Å². The number of hydrogen-bond donors (Lipinski definition) is 0. The number of thiophene rings is 1. The van der Waals surface area contributed by atoms with Crippen molar-refractivity contribution >= 4 is 23.1 Å². The van der Waals surface area contributed by atoms with Gasteiger partial charge in [0.05, 0.1) is 4.88 Å². The van der Waals surface area contributed by atoms with Crippen LogP contribution in [0.3, 0.4) is 0 Å². The smallest absolute Gasteiger partial charge is 0.277 e. The van der Waals surface area contributed by atoms with Crippen molar-refractivity contribution in [2.75, 3.05) is 0 Å². The number of nitrogens with zero attached hydrogens (tertiary/aromatic N) is 2. The van der Waals surface area contributed by atoms with Gasteiger partial charge in [-0.15, -0.1) is 21.5 Å². The quantitative estimate of drug-likeness (QED) is 0.667. The third-order valence-corrected chi connectivity index (χ3v) is 4.37. The topological polar surface area (TPSA) is 38.9 Å². The SMILES string of the molecule is Cc1ccc(CSc2nnc(-c3cccs3)o2)cc1. The van der Waals surface area contributed by atoms with Crippen molar-refractivity contribution in [2.24, 2.45) is 0 Å². The van der Waals surface area contributed by atoms with Gasteiger partial charge >= 0.3 is 0 Å². The maximum atomic E-state index is 5.62. The van der Waals surface area contributed by atoms with E-state index >= 15 is 0 Å². The molecule has 5 heteroatoms. The second-order valence-corrected chi connectivity index (χ2v) is 6.00. The fourth-order valence-corrected chi connectivity index (χ4v) is 2.96. The van der Waals surface area contributed by atoms with E-state index in [1.807, 2.05) is 17.5 Å². The number of rotatable bonds is 4. The van der Waals surface area contributed by atoms with Crippen LogP contribution in [-0.2, 0) is 5.75 Å². The molecule has 0 atom stereocenters. The molecule has 0 fully saturated rings. The van der Waals surface area contributed by atoms with Gasteiger partial charge < -0.3 is 4.42 Å². The summed E-state index contributed by atoms with van der Waals surface area (Å²) in [5, 5.41) is 10.7. The lowest BCUT2D eigenvalue weighted by atomic mass is 10.2. The van der Waals surface area contributed by atoms with Crippen LogP contribution < -0.4 is 0 Å². The highest BCUT2D eigenvalue weighted by Gasteiger charge is 2.09.